The molecule has 0 aliphatic carbocycles. The predicted octanol–water partition coefficient (Wildman–Crippen LogP) is 4.49. The quantitative estimate of drug-likeness (QED) is 0.680. The average Bonchev–Trinajstić information content (AvgIpc) is 3.06. The molecule has 3 rings (SSSR count). The third-order valence-electron chi connectivity index (χ3n) is 3.88. The van der Waals surface area contributed by atoms with Gasteiger partial charge in [0.15, 0.2) is 0 Å². The minimum atomic E-state index is 0.196. The minimum absolute atomic E-state index is 0.196. The van der Waals surface area contributed by atoms with Crippen molar-refractivity contribution in [1.82, 2.24) is 4.90 Å². The molecule has 0 saturated heterocycles. The van der Waals surface area contributed by atoms with E-state index in [1.165, 1.54) is 21.2 Å². The maximum atomic E-state index is 12.3. The second-order valence-corrected chi connectivity index (χ2v) is 6.50. The summed E-state index contributed by atoms with van der Waals surface area (Å²) in [5.41, 5.74) is 1.20. The number of nitrogens with zero attached hydrogens (tertiary/aromatic N) is 1. The van der Waals surface area contributed by atoms with Crippen molar-refractivity contribution < 1.29 is 4.79 Å². The van der Waals surface area contributed by atoms with Gasteiger partial charge in [0.1, 0.15) is 0 Å². The van der Waals surface area contributed by atoms with Crippen molar-refractivity contribution in [3.05, 3.63) is 70.4 Å². The van der Waals surface area contributed by atoms with Crippen LogP contribution < -0.4 is 0 Å². The van der Waals surface area contributed by atoms with Crippen LogP contribution in [0.5, 0.6) is 0 Å². The van der Waals surface area contributed by atoms with E-state index in [0.717, 1.165) is 6.42 Å². The van der Waals surface area contributed by atoms with Gasteiger partial charge in [-0.05, 0) is 34.2 Å². The molecule has 0 unspecified atom stereocenters. The summed E-state index contributed by atoms with van der Waals surface area (Å²) in [5, 5.41) is 4.50. The fraction of sp³-hybridized carbons (Fsp3) is 0.211. The van der Waals surface area contributed by atoms with Crippen LogP contribution in [0.1, 0.15) is 16.9 Å². The Kier molecular flexibility index (Phi) is 4.54. The molecule has 1 aromatic heterocycles. The zero-order valence-electron chi connectivity index (χ0n) is 12.7. The van der Waals surface area contributed by atoms with Crippen LogP contribution in [-0.4, -0.2) is 17.9 Å². The van der Waals surface area contributed by atoms with E-state index >= 15 is 0 Å². The number of thiophene rings is 1. The zero-order valence-corrected chi connectivity index (χ0v) is 13.5. The Morgan fingerprint density at radius 3 is 2.68 bits per heavy atom. The number of rotatable bonds is 5. The van der Waals surface area contributed by atoms with Gasteiger partial charge in [-0.1, -0.05) is 48.5 Å². The Bertz CT molecular complexity index is 759. The average molecular weight is 309 g/mol. The molecule has 0 aliphatic heterocycles. The van der Waals surface area contributed by atoms with E-state index in [4.69, 9.17) is 0 Å². The molecular weight excluding hydrogens is 290 g/mol. The number of amides is 1. The van der Waals surface area contributed by atoms with Gasteiger partial charge in [0, 0.05) is 24.9 Å². The van der Waals surface area contributed by atoms with E-state index in [1.807, 2.05) is 30.1 Å². The van der Waals surface area contributed by atoms with Crippen LogP contribution in [-0.2, 0) is 17.8 Å². The molecule has 1 amide bonds. The lowest BCUT2D eigenvalue weighted by molar-refractivity contribution is -0.130. The first-order valence-corrected chi connectivity index (χ1v) is 8.35. The summed E-state index contributed by atoms with van der Waals surface area (Å²) < 4.78 is 0. The SMILES string of the molecule is CN(Cc1cccc2ccccc12)C(=O)CCc1cccs1. The van der Waals surface area contributed by atoms with E-state index in [9.17, 15) is 4.79 Å². The van der Waals surface area contributed by atoms with Crippen molar-refractivity contribution in [2.24, 2.45) is 0 Å². The topological polar surface area (TPSA) is 20.3 Å². The third-order valence-corrected chi connectivity index (χ3v) is 4.81. The summed E-state index contributed by atoms with van der Waals surface area (Å²) in [7, 11) is 1.89. The lowest BCUT2D eigenvalue weighted by atomic mass is 10.0. The molecule has 2 nitrogen and oxygen atoms in total. The van der Waals surface area contributed by atoms with Gasteiger partial charge in [0.25, 0.3) is 0 Å². The number of hydrogen-bond acceptors (Lipinski definition) is 2. The lowest BCUT2D eigenvalue weighted by Crippen LogP contribution is -2.26. The Morgan fingerprint density at radius 2 is 1.86 bits per heavy atom. The monoisotopic (exact) mass is 309 g/mol. The molecule has 22 heavy (non-hydrogen) atoms. The van der Waals surface area contributed by atoms with Gasteiger partial charge in [-0.25, -0.2) is 0 Å². The maximum absolute atomic E-state index is 12.3. The van der Waals surface area contributed by atoms with Gasteiger partial charge in [-0.3, -0.25) is 4.79 Å². The van der Waals surface area contributed by atoms with E-state index in [-0.39, 0.29) is 5.91 Å². The Labute approximate surface area is 135 Å². The molecule has 0 aliphatic rings. The van der Waals surface area contributed by atoms with Crippen molar-refractivity contribution in [2.45, 2.75) is 19.4 Å². The molecule has 0 radical (unpaired) electrons. The highest BCUT2D eigenvalue weighted by Gasteiger charge is 2.11. The van der Waals surface area contributed by atoms with Crippen molar-refractivity contribution >= 4 is 28.0 Å². The van der Waals surface area contributed by atoms with E-state index in [0.29, 0.717) is 13.0 Å². The molecule has 0 fully saturated rings. The number of carbonyl (C=O) groups excluding carboxylic acids is 1. The first-order chi connectivity index (χ1) is 10.7. The molecule has 0 bridgehead atoms. The summed E-state index contributed by atoms with van der Waals surface area (Å²) in [4.78, 5) is 15.4. The van der Waals surface area contributed by atoms with Crippen molar-refractivity contribution in [1.29, 1.82) is 0 Å². The first kappa shape index (κ1) is 14.8. The molecular formula is C19H19NOS. The van der Waals surface area contributed by atoms with Gasteiger partial charge < -0.3 is 4.90 Å². The van der Waals surface area contributed by atoms with Crippen LogP contribution in [0.3, 0.4) is 0 Å². The summed E-state index contributed by atoms with van der Waals surface area (Å²) in [6.07, 6.45) is 1.40. The number of benzene rings is 2. The molecule has 112 valence electrons. The normalized spacial score (nSPS) is 10.8. The molecule has 0 saturated carbocycles. The standard InChI is InChI=1S/C19H19NOS/c1-20(19(21)12-11-17-9-5-13-22-17)14-16-8-4-7-15-6-2-3-10-18(15)16/h2-10,13H,11-12,14H2,1H3. The van der Waals surface area contributed by atoms with E-state index in [1.54, 1.807) is 11.3 Å². The number of hydrogen-bond donors (Lipinski definition) is 0. The summed E-state index contributed by atoms with van der Waals surface area (Å²) in [5.74, 6) is 0.196. The highest BCUT2D eigenvalue weighted by molar-refractivity contribution is 7.09. The molecule has 0 spiro atoms. The van der Waals surface area contributed by atoms with Gasteiger partial charge in [0.05, 0.1) is 0 Å². The van der Waals surface area contributed by atoms with E-state index < -0.39 is 0 Å². The lowest BCUT2D eigenvalue weighted by Gasteiger charge is -2.18. The highest BCUT2D eigenvalue weighted by atomic mass is 32.1. The Balaban J connectivity index is 1.67. The van der Waals surface area contributed by atoms with Gasteiger partial charge in [-0.2, -0.15) is 0 Å². The fourth-order valence-electron chi connectivity index (χ4n) is 2.65. The van der Waals surface area contributed by atoms with Crippen LogP contribution in [0, 0.1) is 0 Å². The van der Waals surface area contributed by atoms with Crippen LogP contribution in [0.15, 0.2) is 60.0 Å². The molecule has 3 aromatic rings. The predicted molar refractivity (Wildman–Crippen MR) is 93.1 cm³/mol. The third kappa shape index (κ3) is 3.37. The fourth-order valence-corrected chi connectivity index (χ4v) is 3.36. The number of fused-ring (bicyclic) bond motifs is 1. The molecule has 1 heterocycles. The molecule has 2 aromatic carbocycles. The van der Waals surface area contributed by atoms with Crippen molar-refractivity contribution in [3.63, 3.8) is 0 Å². The van der Waals surface area contributed by atoms with Crippen LogP contribution >= 0.6 is 11.3 Å². The number of carbonyl (C=O) groups is 1. The number of aryl methyl sites for hydroxylation is 1. The van der Waals surface area contributed by atoms with Gasteiger partial charge in [-0.15, -0.1) is 11.3 Å². The van der Waals surface area contributed by atoms with Crippen LogP contribution in [0.2, 0.25) is 0 Å². The Hall–Kier alpha value is -2.13. The highest BCUT2D eigenvalue weighted by Crippen LogP contribution is 2.20. The smallest absolute Gasteiger partial charge is 0.222 e. The van der Waals surface area contributed by atoms with Crippen molar-refractivity contribution in [2.75, 3.05) is 7.05 Å². The van der Waals surface area contributed by atoms with Gasteiger partial charge >= 0.3 is 0 Å². The second kappa shape index (κ2) is 6.75. The largest absolute Gasteiger partial charge is 0.341 e. The molecule has 0 N–H and O–H groups in total. The molecule has 0 atom stereocenters. The molecule has 3 heteroatoms. The first-order valence-electron chi connectivity index (χ1n) is 7.47. The summed E-state index contributed by atoms with van der Waals surface area (Å²) >= 11 is 1.71. The summed E-state index contributed by atoms with van der Waals surface area (Å²) in [6, 6.07) is 18.7. The van der Waals surface area contributed by atoms with Crippen LogP contribution in [0.4, 0.5) is 0 Å². The minimum Gasteiger partial charge on any atom is -0.341 e. The second-order valence-electron chi connectivity index (χ2n) is 5.47. The van der Waals surface area contributed by atoms with Crippen molar-refractivity contribution in [3.8, 4) is 0 Å². The zero-order chi connectivity index (χ0) is 15.4. The summed E-state index contributed by atoms with van der Waals surface area (Å²) in [6.45, 7) is 0.657. The maximum Gasteiger partial charge on any atom is 0.222 e. The van der Waals surface area contributed by atoms with Gasteiger partial charge in [0.2, 0.25) is 5.91 Å². The van der Waals surface area contributed by atoms with E-state index in [2.05, 4.69) is 41.8 Å². The Morgan fingerprint density at radius 1 is 1.05 bits per heavy atom. The van der Waals surface area contributed by atoms with Crippen LogP contribution in [0.25, 0.3) is 10.8 Å².